The van der Waals surface area contributed by atoms with E-state index in [1.165, 1.54) is 0 Å². The quantitative estimate of drug-likeness (QED) is 0.777. The van der Waals surface area contributed by atoms with Crippen LogP contribution >= 0.6 is 0 Å². The average Bonchev–Trinajstić information content (AvgIpc) is 2.80. The smallest absolute Gasteiger partial charge is 0.246 e. The molecule has 2 saturated heterocycles. The van der Waals surface area contributed by atoms with E-state index in [1.807, 2.05) is 13.8 Å². The van der Waals surface area contributed by atoms with Crippen LogP contribution in [0.2, 0.25) is 0 Å². The van der Waals surface area contributed by atoms with Gasteiger partial charge in [-0.25, -0.2) is 0 Å². The Balaban J connectivity index is 2.08. The molecule has 2 aliphatic rings. The molecule has 5 heteroatoms. The Morgan fingerprint density at radius 2 is 2.10 bits per heavy atom. The van der Waals surface area contributed by atoms with E-state index in [9.17, 15) is 9.59 Å². The Kier molecular flexibility index (Phi) is 4.48. The third-order valence-electron chi connectivity index (χ3n) is 4.27. The van der Waals surface area contributed by atoms with Gasteiger partial charge in [-0.1, -0.05) is 5.57 Å². The molecule has 2 rings (SSSR count). The van der Waals surface area contributed by atoms with Gasteiger partial charge in [0.25, 0.3) is 0 Å². The molecule has 0 radical (unpaired) electrons. The molecule has 1 spiro atoms. The third-order valence-corrected chi connectivity index (χ3v) is 4.27. The van der Waals surface area contributed by atoms with E-state index < -0.39 is 5.41 Å². The van der Waals surface area contributed by atoms with Crippen LogP contribution in [0, 0.1) is 5.41 Å². The predicted octanol–water partition coefficient (Wildman–Crippen LogP) is 0.786. The summed E-state index contributed by atoms with van der Waals surface area (Å²) in [5.41, 5.74) is 0.575. The minimum Gasteiger partial charge on any atom is -0.395 e. The zero-order valence-electron chi connectivity index (χ0n) is 12.4. The van der Waals surface area contributed by atoms with Crippen molar-refractivity contribution in [2.75, 3.05) is 32.8 Å². The number of aliphatic hydroxyl groups is 1. The topological polar surface area (TPSA) is 60.9 Å². The minimum absolute atomic E-state index is 0.00221. The molecule has 0 aromatic carbocycles. The van der Waals surface area contributed by atoms with Crippen molar-refractivity contribution in [1.29, 1.82) is 0 Å². The molecule has 112 valence electrons. The second kappa shape index (κ2) is 5.95. The number of carbonyl (C=O) groups excluding carboxylic acids is 2. The number of hydrogen-bond acceptors (Lipinski definition) is 3. The first-order chi connectivity index (χ1) is 9.48. The van der Waals surface area contributed by atoms with Gasteiger partial charge in [-0.3, -0.25) is 9.59 Å². The first-order valence-corrected chi connectivity index (χ1v) is 7.32. The largest absolute Gasteiger partial charge is 0.395 e. The van der Waals surface area contributed by atoms with Gasteiger partial charge in [0.2, 0.25) is 11.8 Å². The van der Waals surface area contributed by atoms with Crippen LogP contribution in [-0.2, 0) is 9.59 Å². The lowest BCUT2D eigenvalue weighted by Crippen LogP contribution is -2.51. The lowest BCUT2D eigenvalue weighted by Gasteiger charge is -2.39. The molecule has 0 aromatic rings. The normalized spacial score (nSPS) is 26.2. The zero-order chi connectivity index (χ0) is 14.8. The maximum absolute atomic E-state index is 12.6. The lowest BCUT2D eigenvalue weighted by molar-refractivity contribution is -0.146. The van der Waals surface area contributed by atoms with E-state index >= 15 is 0 Å². The summed E-state index contributed by atoms with van der Waals surface area (Å²) in [6.45, 7) is 6.11. The van der Waals surface area contributed by atoms with Gasteiger partial charge < -0.3 is 14.9 Å². The van der Waals surface area contributed by atoms with Crippen molar-refractivity contribution in [3.8, 4) is 0 Å². The molecule has 0 aromatic heterocycles. The number of β-amino-alcohol motifs (C(OH)–C–C–N with tert-alkyl or cyclic N) is 1. The van der Waals surface area contributed by atoms with Crippen molar-refractivity contribution in [3.05, 3.63) is 11.6 Å². The fourth-order valence-corrected chi connectivity index (χ4v) is 3.26. The molecule has 0 bridgehead atoms. The summed E-state index contributed by atoms with van der Waals surface area (Å²) in [5.74, 6) is 0.124. The molecular formula is C15H24N2O3. The van der Waals surface area contributed by atoms with E-state index in [0.717, 1.165) is 31.4 Å². The van der Waals surface area contributed by atoms with Gasteiger partial charge in [0.05, 0.1) is 12.0 Å². The molecule has 0 saturated carbocycles. The van der Waals surface area contributed by atoms with Crippen LogP contribution < -0.4 is 0 Å². The van der Waals surface area contributed by atoms with Gasteiger partial charge in [-0.2, -0.15) is 0 Å². The van der Waals surface area contributed by atoms with Crippen LogP contribution in [0.1, 0.15) is 33.1 Å². The molecule has 2 amide bonds. The fourth-order valence-electron chi connectivity index (χ4n) is 3.26. The van der Waals surface area contributed by atoms with Crippen LogP contribution in [0.25, 0.3) is 0 Å². The number of piperidine rings is 1. The summed E-state index contributed by atoms with van der Waals surface area (Å²) in [6.07, 6.45) is 4.19. The molecule has 1 N–H and O–H groups in total. The standard InChI is InChI=1S/C15H24N2O3/c1-12(2)10-13(19)17-7-5-15(11-17)4-3-6-16(8-9-18)14(15)20/h10,18H,3-9,11H2,1-2H3. The van der Waals surface area contributed by atoms with Crippen LogP contribution in [-0.4, -0.2) is 59.5 Å². The van der Waals surface area contributed by atoms with E-state index in [2.05, 4.69) is 0 Å². The van der Waals surface area contributed by atoms with Crippen LogP contribution in [0.3, 0.4) is 0 Å². The summed E-state index contributed by atoms with van der Waals surface area (Å²) in [5, 5.41) is 9.04. The summed E-state index contributed by atoms with van der Waals surface area (Å²) in [6, 6.07) is 0. The third kappa shape index (κ3) is 2.87. The number of aliphatic hydroxyl groups excluding tert-OH is 1. The van der Waals surface area contributed by atoms with Crippen molar-refractivity contribution < 1.29 is 14.7 Å². The highest BCUT2D eigenvalue weighted by atomic mass is 16.3. The molecule has 20 heavy (non-hydrogen) atoms. The Morgan fingerprint density at radius 3 is 2.75 bits per heavy atom. The number of nitrogens with zero attached hydrogens (tertiary/aromatic N) is 2. The zero-order valence-corrected chi connectivity index (χ0v) is 12.4. The first kappa shape index (κ1) is 15.0. The van der Waals surface area contributed by atoms with E-state index in [0.29, 0.717) is 19.6 Å². The highest BCUT2D eigenvalue weighted by molar-refractivity contribution is 5.90. The number of amides is 2. The SMILES string of the molecule is CC(C)=CC(=O)N1CCC2(CCCN(CCO)C2=O)C1. The monoisotopic (exact) mass is 280 g/mol. The Morgan fingerprint density at radius 1 is 1.35 bits per heavy atom. The molecule has 5 nitrogen and oxygen atoms in total. The minimum atomic E-state index is -0.404. The van der Waals surface area contributed by atoms with Gasteiger partial charge in [0, 0.05) is 32.3 Å². The van der Waals surface area contributed by atoms with Crippen molar-refractivity contribution in [2.45, 2.75) is 33.1 Å². The Labute approximate surface area is 120 Å². The van der Waals surface area contributed by atoms with Crippen LogP contribution in [0.4, 0.5) is 0 Å². The lowest BCUT2D eigenvalue weighted by atomic mass is 9.78. The summed E-state index contributed by atoms with van der Waals surface area (Å²) < 4.78 is 0. The number of allylic oxidation sites excluding steroid dienone is 1. The predicted molar refractivity (Wildman–Crippen MR) is 76.0 cm³/mol. The fraction of sp³-hybridized carbons (Fsp3) is 0.733. The highest BCUT2D eigenvalue weighted by Crippen LogP contribution is 2.40. The molecule has 2 heterocycles. The van der Waals surface area contributed by atoms with Gasteiger partial charge in [-0.05, 0) is 33.1 Å². The second-order valence-electron chi connectivity index (χ2n) is 6.13. The number of rotatable bonds is 3. The van der Waals surface area contributed by atoms with Crippen molar-refractivity contribution in [2.24, 2.45) is 5.41 Å². The Bertz CT molecular complexity index is 427. The van der Waals surface area contributed by atoms with Gasteiger partial charge in [-0.15, -0.1) is 0 Å². The van der Waals surface area contributed by atoms with Crippen LogP contribution in [0.15, 0.2) is 11.6 Å². The van der Waals surface area contributed by atoms with Crippen LogP contribution in [0.5, 0.6) is 0 Å². The van der Waals surface area contributed by atoms with Crippen molar-refractivity contribution in [3.63, 3.8) is 0 Å². The number of hydrogen-bond donors (Lipinski definition) is 1. The van der Waals surface area contributed by atoms with Gasteiger partial charge >= 0.3 is 0 Å². The maximum atomic E-state index is 12.6. The summed E-state index contributed by atoms with van der Waals surface area (Å²) in [7, 11) is 0. The number of likely N-dealkylation sites (tertiary alicyclic amines) is 2. The van der Waals surface area contributed by atoms with Crippen molar-refractivity contribution in [1.82, 2.24) is 9.80 Å². The van der Waals surface area contributed by atoms with Gasteiger partial charge in [0.15, 0.2) is 0 Å². The van der Waals surface area contributed by atoms with Gasteiger partial charge in [0.1, 0.15) is 0 Å². The Hall–Kier alpha value is -1.36. The molecule has 1 atom stereocenters. The first-order valence-electron chi connectivity index (χ1n) is 7.32. The summed E-state index contributed by atoms with van der Waals surface area (Å²) >= 11 is 0. The molecule has 2 fully saturated rings. The molecule has 0 aliphatic carbocycles. The number of carbonyl (C=O) groups is 2. The van der Waals surface area contributed by atoms with E-state index in [4.69, 9.17) is 5.11 Å². The molecule has 1 unspecified atom stereocenters. The second-order valence-corrected chi connectivity index (χ2v) is 6.13. The molecular weight excluding hydrogens is 256 g/mol. The summed E-state index contributed by atoms with van der Waals surface area (Å²) in [4.78, 5) is 28.2. The maximum Gasteiger partial charge on any atom is 0.246 e. The van der Waals surface area contributed by atoms with Crippen molar-refractivity contribution >= 4 is 11.8 Å². The average molecular weight is 280 g/mol. The van der Waals surface area contributed by atoms with E-state index in [-0.39, 0.29) is 18.4 Å². The molecule has 2 aliphatic heterocycles. The highest BCUT2D eigenvalue weighted by Gasteiger charge is 2.48. The van der Waals surface area contributed by atoms with E-state index in [1.54, 1.807) is 15.9 Å².